The van der Waals surface area contributed by atoms with Gasteiger partial charge in [0.25, 0.3) is 0 Å². The van der Waals surface area contributed by atoms with Crippen LogP contribution in [0.4, 0.5) is 10.5 Å². The van der Waals surface area contributed by atoms with Gasteiger partial charge in [-0.1, -0.05) is 6.07 Å². The Labute approximate surface area is 172 Å². The maximum Gasteiger partial charge on any atom is 0.319 e. The summed E-state index contributed by atoms with van der Waals surface area (Å²) in [6.07, 6.45) is 1.49. The molecule has 2 aromatic carbocycles. The molecule has 0 fully saturated rings. The maximum atomic E-state index is 12.5. The molecule has 156 valence electrons. The first-order chi connectivity index (χ1) is 13.6. The molecular weight excluding hydrogens is 368 g/mol. The second-order valence-corrected chi connectivity index (χ2v) is 8.69. The number of carbonyl (C=O) groups is 1. The lowest BCUT2D eigenvalue weighted by atomic mass is 9.92. The Balaban J connectivity index is 1.68. The van der Waals surface area contributed by atoms with Crippen molar-refractivity contribution in [3.63, 3.8) is 0 Å². The van der Waals surface area contributed by atoms with Crippen molar-refractivity contribution >= 4 is 11.7 Å². The summed E-state index contributed by atoms with van der Waals surface area (Å²) >= 11 is 0. The molecule has 1 heterocycles. The zero-order valence-corrected chi connectivity index (χ0v) is 18.0. The van der Waals surface area contributed by atoms with Gasteiger partial charge in [0, 0.05) is 23.2 Å². The molecule has 0 aromatic heterocycles. The summed E-state index contributed by atoms with van der Waals surface area (Å²) in [4.78, 5) is 12.5. The van der Waals surface area contributed by atoms with Crippen molar-refractivity contribution in [2.75, 3.05) is 19.5 Å². The average molecular weight is 399 g/mol. The smallest absolute Gasteiger partial charge is 0.319 e. The largest absolute Gasteiger partial charge is 0.497 e. The fourth-order valence-electron chi connectivity index (χ4n) is 3.69. The molecule has 0 radical (unpaired) electrons. The van der Waals surface area contributed by atoms with Gasteiger partial charge >= 0.3 is 6.03 Å². The Morgan fingerprint density at radius 3 is 2.45 bits per heavy atom. The minimum absolute atomic E-state index is 0.236. The highest BCUT2D eigenvalue weighted by atomic mass is 16.5. The van der Waals surface area contributed by atoms with Crippen LogP contribution in [0, 0.1) is 0 Å². The molecule has 1 aliphatic rings. The molecule has 6 heteroatoms. The van der Waals surface area contributed by atoms with Crippen molar-refractivity contribution < 1.29 is 19.0 Å². The van der Waals surface area contributed by atoms with E-state index >= 15 is 0 Å². The molecule has 3 rings (SSSR count). The zero-order valence-electron chi connectivity index (χ0n) is 18.0. The van der Waals surface area contributed by atoms with Gasteiger partial charge in [-0.3, -0.25) is 0 Å². The number of methoxy groups -OCH3 is 2. The van der Waals surface area contributed by atoms with Crippen LogP contribution in [0.5, 0.6) is 17.2 Å². The van der Waals surface area contributed by atoms with Crippen LogP contribution in [0.15, 0.2) is 36.4 Å². The summed E-state index contributed by atoms with van der Waals surface area (Å²) in [5.41, 5.74) is 2.25. The molecule has 29 heavy (non-hydrogen) atoms. The molecule has 0 spiro atoms. The van der Waals surface area contributed by atoms with E-state index in [0.29, 0.717) is 12.1 Å². The van der Waals surface area contributed by atoms with Crippen LogP contribution in [0.25, 0.3) is 0 Å². The second-order valence-electron chi connectivity index (χ2n) is 8.69. The number of carbonyl (C=O) groups excluding carboxylic acids is 1. The van der Waals surface area contributed by atoms with Crippen molar-refractivity contribution in [3.05, 3.63) is 47.5 Å². The number of anilines is 1. The summed E-state index contributed by atoms with van der Waals surface area (Å²) in [6, 6.07) is 11.1. The van der Waals surface area contributed by atoms with Gasteiger partial charge < -0.3 is 24.8 Å². The number of amides is 2. The summed E-state index contributed by atoms with van der Waals surface area (Å²) in [7, 11) is 3.26. The van der Waals surface area contributed by atoms with Crippen LogP contribution < -0.4 is 24.8 Å². The number of urea groups is 1. The Morgan fingerprint density at radius 1 is 1.14 bits per heavy atom. The van der Waals surface area contributed by atoms with E-state index < -0.39 is 5.54 Å². The number of benzene rings is 2. The predicted molar refractivity (Wildman–Crippen MR) is 114 cm³/mol. The Kier molecular flexibility index (Phi) is 5.64. The van der Waals surface area contributed by atoms with E-state index in [4.69, 9.17) is 14.2 Å². The third kappa shape index (κ3) is 5.13. The van der Waals surface area contributed by atoms with E-state index in [1.165, 1.54) is 0 Å². The van der Waals surface area contributed by atoms with Crippen LogP contribution in [-0.2, 0) is 12.8 Å². The number of rotatable bonds is 6. The number of hydrogen-bond donors (Lipinski definition) is 2. The minimum atomic E-state index is -0.454. The quantitative estimate of drug-likeness (QED) is 0.748. The first kappa shape index (κ1) is 20.8. The van der Waals surface area contributed by atoms with Crippen LogP contribution >= 0.6 is 0 Å². The fourth-order valence-corrected chi connectivity index (χ4v) is 3.69. The van der Waals surface area contributed by atoms with Crippen molar-refractivity contribution in [2.45, 2.75) is 51.7 Å². The molecule has 0 bridgehead atoms. The van der Waals surface area contributed by atoms with E-state index in [1.54, 1.807) is 38.5 Å². The average Bonchev–Trinajstić information content (AvgIpc) is 2.94. The molecule has 0 unspecified atom stereocenters. The summed E-state index contributed by atoms with van der Waals surface area (Å²) in [6.45, 7) is 8.14. The Morgan fingerprint density at radius 2 is 1.83 bits per heavy atom. The highest BCUT2D eigenvalue weighted by Crippen LogP contribution is 2.43. The molecule has 0 aliphatic carbocycles. The van der Waals surface area contributed by atoms with Crippen LogP contribution in [-0.4, -0.2) is 31.4 Å². The monoisotopic (exact) mass is 398 g/mol. The lowest BCUT2D eigenvalue weighted by Gasteiger charge is -2.27. The van der Waals surface area contributed by atoms with E-state index in [9.17, 15) is 4.79 Å². The van der Waals surface area contributed by atoms with E-state index in [2.05, 4.69) is 30.5 Å². The highest BCUT2D eigenvalue weighted by Gasteiger charge is 2.33. The van der Waals surface area contributed by atoms with Gasteiger partial charge in [-0.15, -0.1) is 0 Å². The van der Waals surface area contributed by atoms with E-state index in [-0.39, 0.29) is 11.6 Å². The van der Waals surface area contributed by atoms with Crippen molar-refractivity contribution in [1.82, 2.24) is 5.32 Å². The first-order valence-electron chi connectivity index (χ1n) is 9.73. The van der Waals surface area contributed by atoms with E-state index in [0.717, 1.165) is 34.8 Å². The normalized spacial score (nSPS) is 14.6. The molecule has 2 amide bonds. The van der Waals surface area contributed by atoms with Crippen molar-refractivity contribution in [2.24, 2.45) is 0 Å². The number of fused-ring (bicyclic) bond motifs is 1. The standard InChI is InChI=1S/C23H30N2O4/c1-22(2,25-21(26)24-17-7-9-18(27-5)10-8-17)13-15-11-16-14-23(3,4)29-20(16)19(12-15)28-6/h7-12H,13-14H2,1-6H3,(H2,24,25,26). The van der Waals surface area contributed by atoms with Crippen LogP contribution in [0.1, 0.15) is 38.8 Å². The fraction of sp³-hybridized carbons (Fsp3) is 0.435. The summed E-state index contributed by atoms with van der Waals surface area (Å²) < 4.78 is 16.7. The van der Waals surface area contributed by atoms with E-state index in [1.807, 2.05) is 19.9 Å². The van der Waals surface area contributed by atoms with Gasteiger partial charge in [-0.05, 0) is 70.0 Å². The lowest BCUT2D eigenvalue weighted by molar-refractivity contribution is 0.134. The molecule has 6 nitrogen and oxygen atoms in total. The topological polar surface area (TPSA) is 68.8 Å². The van der Waals surface area contributed by atoms with Gasteiger partial charge in [0.05, 0.1) is 14.2 Å². The van der Waals surface area contributed by atoms with Gasteiger partial charge in [-0.25, -0.2) is 4.79 Å². The van der Waals surface area contributed by atoms with Crippen LogP contribution in [0.3, 0.4) is 0 Å². The highest BCUT2D eigenvalue weighted by molar-refractivity contribution is 5.89. The number of nitrogens with one attached hydrogen (secondary N) is 2. The third-order valence-corrected chi connectivity index (χ3v) is 4.85. The van der Waals surface area contributed by atoms with Crippen LogP contribution in [0.2, 0.25) is 0 Å². The first-order valence-corrected chi connectivity index (χ1v) is 9.73. The number of ether oxygens (including phenoxy) is 3. The van der Waals surface area contributed by atoms with Gasteiger partial charge in [0.1, 0.15) is 11.4 Å². The number of hydrogen-bond acceptors (Lipinski definition) is 4. The summed E-state index contributed by atoms with van der Waals surface area (Å²) in [5.74, 6) is 2.31. The molecule has 2 aromatic rings. The third-order valence-electron chi connectivity index (χ3n) is 4.85. The van der Waals surface area contributed by atoms with Gasteiger partial charge in [-0.2, -0.15) is 0 Å². The minimum Gasteiger partial charge on any atom is -0.497 e. The molecule has 1 aliphatic heterocycles. The van der Waals surface area contributed by atoms with Crippen molar-refractivity contribution in [1.29, 1.82) is 0 Å². The Bertz CT molecular complexity index is 888. The predicted octanol–water partition coefficient (Wildman–Crippen LogP) is 4.56. The zero-order chi connectivity index (χ0) is 21.2. The molecule has 0 atom stereocenters. The van der Waals surface area contributed by atoms with Crippen molar-refractivity contribution in [3.8, 4) is 17.2 Å². The summed E-state index contributed by atoms with van der Waals surface area (Å²) in [5, 5.41) is 5.91. The maximum absolute atomic E-state index is 12.5. The molecule has 0 saturated carbocycles. The van der Waals surface area contributed by atoms with Gasteiger partial charge in [0.2, 0.25) is 0 Å². The molecule has 2 N–H and O–H groups in total. The SMILES string of the molecule is COc1ccc(NC(=O)NC(C)(C)Cc2cc3c(c(OC)c2)OC(C)(C)C3)cc1. The molecule has 0 saturated heterocycles. The van der Waals surface area contributed by atoms with Gasteiger partial charge in [0.15, 0.2) is 11.5 Å². The lowest BCUT2D eigenvalue weighted by Crippen LogP contribution is -2.47. The Hall–Kier alpha value is -2.89. The molecular formula is C23H30N2O4. The second kappa shape index (κ2) is 7.85.